The molecule has 7 nitrogen and oxygen atoms in total. The van der Waals surface area contributed by atoms with Crippen LogP contribution in [0.5, 0.6) is 0 Å². The minimum Gasteiger partial charge on any atom is -0.367 e. The summed E-state index contributed by atoms with van der Waals surface area (Å²) in [6, 6.07) is 8.28. The van der Waals surface area contributed by atoms with Crippen LogP contribution in [0.25, 0.3) is 10.9 Å². The van der Waals surface area contributed by atoms with Crippen LogP contribution in [0.15, 0.2) is 47.5 Å². The van der Waals surface area contributed by atoms with E-state index >= 15 is 0 Å². The SMILES string of the molecule is CC([C]=O)n1cc(C(=O)N2CCN(c3ccc(F)cc3S(C)(=O)=O)CC2)c2ccc(Cl)cc21. The van der Waals surface area contributed by atoms with Gasteiger partial charge < -0.3 is 14.4 Å². The maximum absolute atomic E-state index is 13.7. The third-order valence-electron chi connectivity index (χ3n) is 5.84. The van der Waals surface area contributed by atoms with E-state index in [0.717, 1.165) is 12.3 Å². The first-order valence-electron chi connectivity index (χ1n) is 10.3. The lowest BCUT2D eigenvalue weighted by atomic mass is 10.1. The van der Waals surface area contributed by atoms with Gasteiger partial charge in [0.05, 0.1) is 27.7 Å². The third-order valence-corrected chi connectivity index (χ3v) is 7.20. The van der Waals surface area contributed by atoms with Crippen molar-refractivity contribution >= 4 is 50.2 Å². The molecule has 1 aliphatic heterocycles. The second-order valence-corrected chi connectivity index (χ2v) is 10.5. The fourth-order valence-electron chi connectivity index (χ4n) is 4.14. The number of fused-ring (bicyclic) bond motifs is 1. The van der Waals surface area contributed by atoms with Crippen molar-refractivity contribution in [2.24, 2.45) is 0 Å². The minimum absolute atomic E-state index is 0.0682. The molecule has 0 spiro atoms. The Labute approximate surface area is 196 Å². The van der Waals surface area contributed by atoms with E-state index in [-0.39, 0.29) is 10.8 Å². The van der Waals surface area contributed by atoms with Gasteiger partial charge >= 0.3 is 0 Å². The van der Waals surface area contributed by atoms with E-state index in [1.54, 1.807) is 40.8 Å². The number of halogens is 2. The van der Waals surface area contributed by atoms with Crippen molar-refractivity contribution in [2.45, 2.75) is 17.9 Å². The third kappa shape index (κ3) is 4.47. The molecule has 0 bridgehead atoms. The van der Waals surface area contributed by atoms with Gasteiger partial charge in [0.2, 0.25) is 6.29 Å². The average molecular weight is 491 g/mol. The molecule has 0 aliphatic carbocycles. The van der Waals surface area contributed by atoms with Crippen LogP contribution in [-0.4, -0.2) is 62.5 Å². The lowest BCUT2D eigenvalue weighted by Crippen LogP contribution is -2.49. The number of nitrogens with zero attached hydrogens (tertiary/aromatic N) is 3. The van der Waals surface area contributed by atoms with Crippen LogP contribution in [0, 0.1) is 5.82 Å². The number of anilines is 1. The van der Waals surface area contributed by atoms with E-state index in [9.17, 15) is 22.4 Å². The van der Waals surface area contributed by atoms with Gasteiger partial charge in [-0.05, 0) is 37.3 Å². The highest BCUT2D eigenvalue weighted by Crippen LogP contribution is 2.30. The zero-order chi connectivity index (χ0) is 23.9. The maximum Gasteiger partial charge on any atom is 0.256 e. The molecule has 2 heterocycles. The van der Waals surface area contributed by atoms with Crippen molar-refractivity contribution in [2.75, 3.05) is 37.3 Å². The lowest BCUT2D eigenvalue weighted by molar-refractivity contribution is 0.0748. The van der Waals surface area contributed by atoms with Gasteiger partial charge in [0.1, 0.15) is 5.82 Å². The van der Waals surface area contributed by atoms with Crippen LogP contribution >= 0.6 is 11.6 Å². The van der Waals surface area contributed by atoms with Gasteiger partial charge in [-0.3, -0.25) is 9.59 Å². The second kappa shape index (κ2) is 8.79. The van der Waals surface area contributed by atoms with Gasteiger partial charge in [0.25, 0.3) is 5.91 Å². The molecule has 1 unspecified atom stereocenters. The number of piperazine rings is 1. The molecular formula is C23H22ClFN3O4S. The minimum atomic E-state index is -3.62. The topological polar surface area (TPSA) is 79.7 Å². The Balaban J connectivity index is 1.59. The van der Waals surface area contributed by atoms with E-state index in [0.29, 0.717) is 53.4 Å². The Hall–Kier alpha value is -2.91. The summed E-state index contributed by atoms with van der Waals surface area (Å²) in [5.41, 5.74) is 1.55. The van der Waals surface area contributed by atoms with Crippen LogP contribution in [0.4, 0.5) is 10.1 Å². The van der Waals surface area contributed by atoms with Crippen molar-refractivity contribution in [3.63, 3.8) is 0 Å². The molecule has 33 heavy (non-hydrogen) atoms. The summed E-state index contributed by atoms with van der Waals surface area (Å²) in [6.07, 6.45) is 4.62. The molecule has 3 aromatic rings. The molecule has 0 saturated carbocycles. The standard InChI is InChI=1S/C23H22ClFN3O4S/c1-15(14-29)28-13-19(18-5-3-16(24)11-21(18)28)23(30)27-9-7-26(8-10-27)20-6-4-17(25)12-22(20)33(2,31)32/h3-6,11-13,15H,7-10H2,1-2H3. The predicted octanol–water partition coefficient (Wildman–Crippen LogP) is 3.47. The molecule has 2 aromatic carbocycles. The molecule has 10 heteroatoms. The van der Waals surface area contributed by atoms with E-state index in [1.807, 2.05) is 11.2 Å². The zero-order valence-corrected chi connectivity index (χ0v) is 19.7. The molecule has 1 atom stereocenters. The van der Waals surface area contributed by atoms with Crippen LogP contribution in [0.1, 0.15) is 23.3 Å². The van der Waals surface area contributed by atoms with Gasteiger partial charge in [-0.25, -0.2) is 12.8 Å². The fourth-order valence-corrected chi connectivity index (χ4v) is 5.21. The molecule has 1 amide bonds. The summed E-state index contributed by atoms with van der Waals surface area (Å²) in [4.78, 5) is 28.1. The van der Waals surface area contributed by atoms with Crippen molar-refractivity contribution in [3.05, 3.63) is 59.0 Å². The summed E-state index contributed by atoms with van der Waals surface area (Å²) < 4.78 is 39.6. The summed E-state index contributed by atoms with van der Waals surface area (Å²) in [5.74, 6) is -0.812. The van der Waals surface area contributed by atoms with Crippen molar-refractivity contribution in [1.29, 1.82) is 0 Å². The summed E-state index contributed by atoms with van der Waals surface area (Å²) >= 11 is 6.13. The van der Waals surface area contributed by atoms with E-state index in [1.165, 1.54) is 12.1 Å². The highest BCUT2D eigenvalue weighted by molar-refractivity contribution is 7.90. The van der Waals surface area contributed by atoms with Gasteiger partial charge in [-0.15, -0.1) is 0 Å². The summed E-state index contributed by atoms with van der Waals surface area (Å²) in [7, 11) is -3.62. The molecule has 1 fully saturated rings. The molecular weight excluding hydrogens is 469 g/mol. The van der Waals surface area contributed by atoms with Crippen molar-refractivity contribution in [1.82, 2.24) is 9.47 Å². The largest absolute Gasteiger partial charge is 0.367 e. The quantitative estimate of drug-likeness (QED) is 0.547. The Morgan fingerprint density at radius 2 is 1.82 bits per heavy atom. The molecule has 0 N–H and O–H groups in total. The Kier molecular flexibility index (Phi) is 6.20. The van der Waals surface area contributed by atoms with Gasteiger partial charge in [-0.2, -0.15) is 0 Å². The number of amides is 1. The molecule has 1 saturated heterocycles. The highest BCUT2D eigenvalue weighted by Gasteiger charge is 2.28. The fraction of sp³-hybridized carbons (Fsp3) is 0.304. The smallest absolute Gasteiger partial charge is 0.256 e. The zero-order valence-electron chi connectivity index (χ0n) is 18.1. The molecule has 173 valence electrons. The first-order chi connectivity index (χ1) is 15.6. The average Bonchev–Trinajstić information content (AvgIpc) is 3.16. The number of benzene rings is 2. The number of hydrogen-bond donors (Lipinski definition) is 0. The number of aromatic nitrogens is 1. The van der Waals surface area contributed by atoms with E-state index < -0.39 is 21.7 Å². The van der Waals surface area contributed by atoms with Gasteiger partial charge in [0, 0.05) is 49.0 Å². The first-order valence-corrected chi connectivity index (χ1v) is 12.6. The number of carbonyl (C=O) groups is 1. The number of sulfone groups is 1. The molecule has 4 rings (SSSR count). The molecule has 1 radical (unpaired) electrons. The molecule has 1 aromatic heterocycles. The summed E-state index contributed by atoms with van der Waals surface area (Å²) in [5, 5.41) is 1.18. The van der Waals surface area contributed by atoms with Crippen molar-refractivity contribution < 1.29 is 22.4 Å². The highest BCUT2D eigenvalue weighted by atomic mass is 35.5. The summed E-state index contributed by atoms with van der Waals surface area (Å²) in [6.45, 7) is 3.18. The molecule has 1 aliphatic rings. The monoisotopic (exact) mass is 490 g/mol. The Bertz CT molecular complexity index is 1350. The number of hydrogen-bond acceptors (Lipinski definition) is 5. The Morgan fingerprint density at radius 1 is 1.12 bits per heavy atom. The van der Waals surface area contributed by atoms with Crippen LogP contribution in [-0.2, 0) is 14.6 Å². The number of rotatable bonds is 5. The normalized spacial score (nSPS) is 15.6. The van der Waals surface area contributed by atoms with Gasteiger partial charge in [-0.1, -0.05) is 17.7 Å². The van der Waals surface area contributed by atoms with E-state index in [2.05, 4.69) is 0 Å². The maximum atomic E-state index is 13.7. The number of carbonyl (C=O) groups excluding carboxylic acids is 2. The van der Waals surface area contributed by atoms with E-state index in [4.69, 9.17) is 11.6 Å². The lowest BCUT2D eigenvalue weighted by Gasteiger charge is -2.36. The van der Waals surface area contributed by atoms with Crippen LogP contribution in [0.3, 0.4) is 0 Å². The van der Waals surface area contributed by atoms with Gasteiger partial charge in [0.15, 0.2) is 9.84 Å². The van der Waals surface area contributed by atoms with Crippen LogP contribution < -0.4 is 4.90 Å². The first kappa shape index (κ1) is 23.3. The second-order valence-electron chi connectivity index (χ2n) is 8.07. The predicted molar refractivity (Wildman–Crippen MR) is 125 cm³/mol. The Morgan fingerprint density at radius 3 is 2.45 bits per heavy atom. The van der Waals surface area contributed by atoms with Crippen molar-refractivity contribution in [3.8, 4) is 0 Å². The van der Waals surface area contributed by atoms with Crippen LogP contribution in [0.2, 0.25) is 5.02 Å².